The Labute approximate surface area is 235 Å². The molecule has 1 amide bonds. The average molecular weight is 534 g/mol. The van der Waals surface area contributed by atoms with Crippen LogP contribution >= 0.6 is 0 Å². The van der Waals surface area contributed by atoms with E-state index in [0.29, 0.717) is 6.54 Å². The minimum atomic E-state index is 0.0967. The summed E-state index contributed by atoms with van der Waals surface area (Å²) in [6.07, 6.45) is 8.79. The highest BCUT2D eigenvalue weighted by Gasteiger charge is 2.25. The lowest BCUT2D eigenvalue weighted by molar-refractivity contribution is 0.0665. The average Bonchev–Trinajstić information content (AvgIpc) is 3.63. The molecule has 7 heteroatoms. The molecular formula is C33H35N5O2. The molecule has 3 aromatic carbocycles. The summed E-state index contributed by atoms with van der Waals surface area (Å²) in [6.45, 7) is 4.68. The Hall–Kier alpha value is -4.36. The van der Waals surface area contributed by atoms with Crippen LogP contribution in [-0.4, -0.2) is 70.2 Å². The summed E-state index contributed by atoms with van der Waals surface area (Å²) in [6, 6.07) is 22.8. The van der Waals surface area contributed by atoms with Gasteiger partial charge in [0.1, 0.15) is 5.75 Å². The zero-order valence-corrected chi connectivity index (χ0v) is 23.2. The Morgan fingerprint density at radius 3 is 2.52 bits per heavy atom. The highest BCUT2D eigenvalue weighted by molar-refractivity contribution is 6.06. The number of methoxy groups -OCH3 is 1. The number of aryl methyl sites for hydroxylation is 2. The molecular weight excluding hydrogens is 498 g/mol. The van der Waals surface area contributed by atoms with Gasteiger partial charge in [-0.2, -0.15) is 0 Å². The molecule has 0 aliphatic carbocycles. The van der Waals surface area contributed by atoms with Crippen molar-refractivity contribution >= 4 is 16.7 Å². The first kappa shape index (κ1) is 25.9. The summed E-state index contributed by atoms with van der Waals surface area (Å²) in [4.78, 5) is 22.6. The number of ether oxygens (including phenoxy) is 1. The van der Waals surface area contributed by atoms with E-state index in [9.17, 15) is 4.79 Å². The number of para-hydroxylation sites is 1. The molecule has 1 fully saturated rings. The molecule has 1 saturated heterocycles. The van der Waals surface area contributed by atoms with Crippen LogP contribution in [0.15, 0.2) is 91.6 Å². The number of hydrogen-bond acceptors (Lipinski definition) is 4. The van der Waals surface area contributed by atoms with Crippen molar-refractivity contribution in [2.24, 2.45) is 0 Å². The maximum atomic E-state index is 13.9. The fourth-order valence-corrected chi connectivity index (χ4v) is 5.64. The van der Waals surface area contributed by atoms with E-state index >= 15 is 0 Å². The normalized spacial score (nSPS) is 14.1. The molecule has 0 atom stereocenters. The second-order valence-electron chi connectivity index (χ2n) is 10.5. The van der Waals surface area contributed by atoms with Gasteiger partial charge in [-0.3, -0.25) is 4.79 Å². The molecule has 5 aromatic rings. The summed E-state index contributed by atoms with van der Waals surface area (Å²) in [5.41, 5.74) is 5.07. The molecule has 6 rings (SSSR count). The first-order valence-electron chi connectivity index (χ1n) is 13.9. The van der Waals surface area contributed by atoms with Crippen molar-refractivity contribution in [2.75, 3.05) is 40.3 Å². The highest BCUT2D eigenvalue weighted by atomic mass is 16.5. The highest BCUT2D eigenvalue weighted by Crippen LogP contribution is 2.33. The van der Waals surface area contributed by atoms with Crippen molar-refractivity contribution in [3.05, 3.63) is 108 Å². The number of amides is 1. The van der Waals surface area contributed by atoms with Crippen LogP contribution < -0.4 is 4.74 Å². The van der Waals surface area contributed by atoms with Crippen LogP contribution in [0, 0.1) is 0 Å². The lowest BCUT2D eigenvalue weighted by Gasteiger charge is -2.32. The Morgan fingerprint density at radius 1 is 0.900 bits per heavy atom. The molecule has 40 heavy (non-hydrogen) atoms. The van der Waals surface area contributed by atoms with E-state index in [1.165, 1.54) is 10.9 Å². The minimum Gasteiger partial charge on any atom is -0.496 e. The molecule has 3 heterocycles. The predicted octanol–water partition coefficient (Wildman–Crippen LogP) is 5.19. The summed E-state index contributed by atoms with van der Waals surface area (Å²) >= 11 is 0. The molecule has 0 spiro atoms. The molecule has 7 nitrogen and oxygen atoms in total. The standard InChI is InChI=1S/C33H35N5O2/c1-35-16-18-37(19-17-35)33(39)31-23-36(22-30(31)29-12-7-10-25-8-3-5-11-28(25)29)21-27-20-34-24-38(27)15-14-26-9-4-6-13-32(26)40-2/h3-13,20,22-24H,14-19,21H2,1-2H3. The van der Waals surface area contributed by atoms with Crippen LogP contribution in [-0.2, 0) is 19.5 Å². The van der Waals surface area contributed by atoms with Gasteiger partial charge in [0.05, 0.1) is 31.2 Å². The van der Waals surface area contributed by atoms with E-state index in [-0.39, 0.29) is 5.91 Å². The Bertz CT molecular complexity index is 1620. The molecule has 204 valence electrons. The van der Waals surface area contributed by atoms with E-state index in [0.717, 1.165) is 72.7 Å². The van der Waals surface area contributed by atoms with Gasteiger partial charge in [-0.1, -0.05) is 60.7 Å². The van der Waals surface area contributed by atoms with Gasteiger partial charge >= 0.3 is 0 Å². The number of benzene rings is 3. The SMILES string of the molecule is COc1ccccc1CCn1cncc1Cn1cc(C(=O)N2CCN(C)CC2)c(-c2cccc3ccccc23)c1. The zero-order chi connectivity index (χ0) is 27.5. The first-order valence-corrected chi connectivity index (χ1v) is 13.9. The molecule has 1 aliphatic rings. The number of aromatic nitrogens is 3. The molecule has 0 unspecified atom stereocenters. The first-order chi connectivity index (χ1) is 19.6. The number of carbonyl (C=O) groups is 1. The van der Waals surface area contributed by atoms with Crippen LogP contribution in [0.4, 0.5) is 0 Å². The third-order valence-electron chi connectivity index (χ3n) is 7.94. The van der Waals surface area contributed by atoms with Gasteiger partial charge < -0.3 is 23.7 Å². The van der Waals surface area contributed by atoms with Gasteiger partial charge in [0.2, 0.25) is 0 Å². The quantitative estimate of drug-likeness (QED) is 0.275. The molecule has 0 N–H and O–H groups in total. The Morgan fingerprint density at radius 2 is 1.68 bits per heavy atom. The van der Waals surface area contributed by atoms with Gasteiger partial charge in [0.25, 0.3) is 5.91 Å². The van der Waals surface area contributed by atoms with E-state index in [1.807, 2.05) is 41.8 Å². The molecule has 0 bridgehead atoms. The summed E-state index contributed by atoms with van der Waals surface area (Å²) in [5, 5.41) is 2.32. The summed E-state index contributed by atoms with van der Waals surface area (Å²) in [5.74, 6) is 1.00. The molecule has 2 aromatic heterocycles. The monoisotopic (exact) mass is 533 g/mol. The lowest BCUT2D eigenvalue weighted by atomic mass is 9.97. The number of fused-ring (bicyclic) bond motifs is 1. The minimum absolute atomic E-state index is 0.0967. The largest absolute Gasteiger partial charge is 0.496 e. The van der Waals surface area contributed by atoms with Crippen molar-refractivity contribution in [3.63, 3.8) is 0 Å². The van der Waals surface area contributed by atoms with Crippen LogP contribution in [0.3, 0.4) is 0 Å². The van der Waals surface area contributed by atoms with Crippen LogP contribution in [0.1, 0.15) is 21.6 Å². The van der Waals surface area contributed by atoms with E-state index < -0.39 is 0 Å². The summed E-state index contributed by atoms with van der Waals surface area (Å²) in [7, 11) is 3.82. The number of hydrogen-bond donors (Lipinski definition) is 0. The number of imidazole rings is 1. The van der Waals surface area contributed by atoms with E-state index in [4.69, 9.17) is 4.74 Å². The molecule has 0 radical (unpaired) electrons. The van der Waals surface area contributed by atoms with Gasteiger partial charge in [-0.05, 0) is 41.4 Å². The van der Waals surface area contributed by atoms with Gasteiger partial charge in [0.15, 0.2) is 0 Å². The number of carbonyl (C=O) groups excluding carboxylic acids is 1. The van der Waals surface area contributed by atoms with Crippen molar-refractivity contribution in [1.29, 1.82) is 0 Å². The lowest BCUT2D eigenvalue weighted by Crippen LogP contribution is -2.47. The number of likely N-dealkylation sites (N-methyl/N-ethyl adjacent to an activating group) is 1. The second-order valence-corrected chi connectivity index (χ2v) is 10.5. The van der Waals surface area contributed by atoms with Gasteiger partial charge in [0, 0.05) is 56.9 Å². The van der Waals surface area contributed by atoms with Crippen molar-refractivity contribution in [2.45, 2.75) is 19.5 Å². The maximum absolute atomic E-state index is 13.9. The third-order valence-corrected chi connectivity index (χ3v) is 7.94. The fraction of sp³-hybridized carbons (Fsp3) is 0.273. The number of rotatable bonds is 8. The van der Waals surface area contributed by atoms with Gasteiger partial charge in [-0.15, -0.1) is 0 Å². The van der Waals surface area contributed by atoms with Crippen molar-refractivity contribution < 1.29 is 9.53 Å². The third kappa shape index (κ3) is 5.25. The Balaban J connectivity index is 1.32. The predicted molar refractivity (Wildman–Crippen MR) is 159 cm³/mol. The van der Waals surface area contributed by atoms with E-state index in [2.05, 4.69) is 80.8 Å². The smallest absolute Gasteiger partial charge is 0.256 e. The molecule has 0 saturated carbocycles. The zero-order valence-electron chi connectivity index (χ0n) is 23.2. The van der Waals surface area contributed by atoms with Crippen molar-refractivity contribution in [1.82, 2.24) is 23.9 Å². The van der Waals surface area contributed by atoms with E-state index in [1.54, 1.807) is 7.11 Å². The Kier molecular flexibility index (Phi) is 7.38. The molecule has 1 aliphatic heterocycles. The number of nitrogens with zero attached hydrogens (tertiary/aromatic N) is 5. The second kappa shape index (κ2) is 11.4. The van der Waals surface area contributed by atoms with Gasteiger partial charge in [-0.25, -0.2) is 4.98 Å². The van der Waals surface area contributed by atoms with Crippen LogP contribution in [0.5, 0.6) is 5.75 Å². The van der Waals surface area contributed by atoms with Crippen LogP contribution in [0.25, 0.3) is 21.9 Å². The maximum Gasteiger partial charge on any atom is 0.256 e. The topological polar surface area (TPSA) is 55.5 Å². The fourth-order valence-electron chi connectivity index (χ4n) is 5.64. The van der Waals surface area contributed by atoms with Crippen molar-refractivity contribution in [3.8, 4) is 16.9 Å². The van der Waals surface area contributed by atoms with Crippen LogP contribution in [0.2, 0.25) is 0 Å². The summed E-state index contributed by atoms with van der Waals surface area (Å²) < 4.78 is 9.86. The number of piperazine rings is 1.